The summed E-state index contributed by atoms with van der Waals surface area (Å²) in [6.45, 7) is 3.99. The Balaban J connectivity index is 2.73. The average molecular weight is 211 g/mol. The molecular weight excluding hydrogens is 198 g/mol. The van der Waals surface area contributed by atoms with Gasteiger partial charge in [0, 0.05) is 23.9 Å². The van der Waals surface area contributed by atoms with E-state index < -0.39 is 0 Å². The Morgan fingerprint density at radius 3 is 2.50 bits per heavy atom. The van der Waals surface area contributed by atoms with E-state index in [1.807, 2.05) is 49.8 Å². The van der Waals surface area contributed by atoms with Gasteiger partial charge in [-0.25, -0.2) is 0 Å². The highest BCUT2D eigenvalue weighted by Gasteiger charge is 2.14. The van der Waals surface area contributed by atoms with Crippen LogP contribution in [0, 0.1) is 25.2 Å². The number of aryl methyl sites for hydroxylation is 2. The zero-order valence-electron chi connectivity index (χ0n) is 9.65. The summed E-state index contributed by atoms with van der Waals surface area (Å²) in [6.07, 6.45) is 0. The summed E-state index contributed by atoms with van der Waals surface area (Å²) < 4.78 is 1.85. The monoisotopic (exact) mass is 211 g/mol. The van der Waals surface area contributed by atoms with Crippen molar-refractivity contribution in [1.82, 2.24) is 9.78 Å². The van der Waals surface area contributed by atoms with Gasteiger partial charge in [-0.3, -0.25) is 4.68 Å². The number of aromatic nitrogens is 2. The third-order valence-electron chi connectivity index (χ3n) is 2.83. The van der Waals surface area contributed by atoms with Gasteiger partial charge in [0.2, 0.25) is 0 Å². The summed E-state index contributed by atoms with van der Waals surface area (Å²) in [7, 11) is 1.92. The Hall–Kier alpha value is -2.08. The van der Waals surface area contributed by atoms with Gasteiger partial charge in [-0.2, -0.15) is 10.4 Å². The molecule has 2 rings (SSSR count). The molecule has 0 radical (unpaired) electrons. The van der Waals surface area contributed by atoms with E-state index in [9.17, 15) is 0 Å². The van der Waals surface area contributed by atoms with Gasteiger partial charge in [0.05, 0.1) is 17.3 Å². The van der Waals surface area contributed by atoms with Crippen molar-refractivity contribution in [3.8, 4) is 17.2 Å². The molecule has 0 unspecified atom stereocenters. The highest BCUT2D eigenvalue weighted by Crippen LogP contribution is 2.28. The molecule has 2 aromatic rings. The van der Waals surface area contributed by atoms with Crippen molar-refractivity contribution in [3.63, 3.8) is 0 Å². The number of hydrogen-bond donors (Lipinski definition) is 0. The van der Waals surface area contributed by atoms with Crippen molar-refractivity contribution in [2.24, 2.45) is 7.05 Å². The minimum absolute atomic E-state index is 0.696. The molecule has 0 aliphatic rings. The molecule has 0 N–H and O–H groups in total. The standard InChI is InChI=1S/C13H13N3/c1-9-13(10(2)16(3)15-9)12-7-5-4-6-11(12)8-14/h4-7H,1-3H3. The third kappa shape index (κ3) is 1.49. The van der Waals surface area contributed by atoms with E-state index in [0.717, 1.165) is 22.5 Å². The first-order valence-corrected chi connectivity index (χ1v) is 5.15. The van der Waals surface area contributed by atoms with Gasteiger partial charge in [-0.05, 0) is 19.9 Å². The van der Waals surface area contributed by atoms with Gasteiger partial charge in [-0.1, -0.05) is 18.2 Å². The first kappa shape index (κ1) is 10.4. The minimum atomic E-state index is 0.696. The zero-order valence-corrected chi connectivity index (χ0v) is 9.65. The predicted octanol–water partition coefficient (Wildman–Crippen LogP) is 2.58. The van der Waals surface area contributed by atoms with Crippen molar-refractivity contribution in [3.05, 3.63) is 41.2 Å². The second kappa shape index (κ2) is 3.82. The lowest BCUT2D eigenvalue weighted by Crippen LogP contribution is -1.93. The maximum Gasteiger partial charge on any atom is 0.0998 e. The highest BCUT2D eigenvalue weighted by atomic mass is 15.3. The molecular formula is C13H13N3. The van der Waals surface area contributed by atoms with Gasteiger partial charge in [-0.15, -0.1) is 0 Å². The molecule has 16 heavy (non-hydrogen) atoms. The van der Waals surface area contributed by atoms with Crippen LogP contribution < -0.4 is 0 Å². The topological polar surface area (TPSA) is 41.6 Å². The van der Waals surface area contributed by atoms with E-state index >= 15 is 0 Å². The lowest BCUT2D eigenvalue weighted by Gasteiger charge is -2.04. The molecule has 1 aromatic carbocycles. The molecule has 80 valence electrons. The van der Waals surface area contributed by atoms with Gasteiger partial charge in [0.25, 0.3) is 0 Å². The van der Waals surface area contributed by atoms with Crippen molar-refractivity contribution < 1.29 is 0 Å². The van der Waals surface area contributed by atoms with Crippen LogP contribution >= 0.6 is 0 Å². The lowest BCUT2D eigenvalue weighted by molar-refractivity contribution is 0.731. The van der Waals surface area contributed by atoms with Gasteiger partial charge >= 0.3 is 0 Å². The molecule has 0 spiro atoms. The van der Waals surface area contributed by atoms with Gasteiger partial charge in [0.1, 0.15) is 0 Å². The number of rotatable bonds is 1. The summed E-state index contributed by atoms with van der Waals surface area (Å²) in [4.78, 5) is 0. The Morgan fingerprint density at radius 1 is 1.25 bits per heavy atom. The first-order chi connectivity index (χ1) is 7.65. The Morgan fingerprint density at radius 2 is 1.94 bits per heavy atom. The predicted molar refractivity (Wildman–Crippen MR) is 62.8 cm³/mol. The quantitative estimate of drug-likeness (QED) is 0.727. The maximum atomic E-state index is 9.09. The molecule has 1 aromatic heterocycles. The fourth-order valence-corrected chi connectivity index (χ4v) is 1.96. The molecule has 0 saturated carbocycles. The van der Waals surface area contributed by atoms with Gasteiger partial charge in [0.15, 0.2) is 0 Å². The van der Waals surface area contributed by atoms with E-state index in [1.165, 1.54) is 0 Å². The van der Waals surface area contributed by atoms with Crippen LogP contribution in [-0.2, 0) is 7.05 Å². The smallest absolute Gasteiger partial charge is 0.0998 e. The van der Waals surface area contributed by atoms with Crippen LogP contribution in [0.15, 0.2) is 24.3 Å². The summed E-state index contributed by atoms with van der Waals surface area (Å²) >= 11 is 0. The van der Waals surface area contributed by atoms with Crippen LogP contribution in [0.1, 0.15) is 17.0 Å². The van der Waals surface area contributed by atoms with E-state index in [4.69, 9.17) is 5.26 Å². The van der Waals surface area contributed by atoms with Crippen molar-refractivity contribution >= 4 is 0 Å². The van der Waals surface area contributed by atoms with Crippen LogP contribution in [0.25, 0.3) is 11.1 Å². The first-order valence-electron chi connectivity index (χ1n) is 5.15. The number of benzene rings is 1. The highest BCUT2D eigenvalue weighted by molar-refractivity contribution is 5.74. The van der Waals surface area contributed by atoms with E-state index in [1.54, 1.807) is 0 Å². The molecule has 0 aliphatic carbocycles. The maximum absolute atomic E-state index is 9.09. The summed E-state index contributed by atoms with van der Waals surface area (Å²) in [5, 5.41) is 13.5. The minimum Gasteiger partial charge on any atom is -0.272 e. The molecule has 3 heteroatoms. The van der Waals surface area contributed by atoms with Crippen molar-refractivity contribution in [2.75, 3.05) is 0 Å². The largest absolute Gasteiger partial charge is 0.272 e. The summed E-state index contributed by atoms with van der Waals surface area (Å²) in [6, 6.07) is 9.85. The van der Waals surface area contributed by atoms with E-state index in [2.05, 4.69) is 11.2 Å². The lowest BCUT2D eigenvalue weighted by atomic mass is 9.99. The molecule has 3 nitrogen and oxygen atoms in total. The molecule has 0 saturated heterocycles. The second-order valence-corrected chi connectivity index (χ2v) is 3.83. The SMILES string of the molecule is Cc1nn(C)c(C)c1-c1ccccc1C#N. The average Bonchev–Trinajstić information content (AvgIpc) is 2.53. The number of nitrogens with zero attached hydrogens (tertiary/aromatic N) is 3. The van der Waals surface area contributed by atoms with Crippen molar-refractivity contribution in [2.45, 2.75) is 13.8 Å². The van der Waals surface area contributed by atoms with Crippen LogP contribution in [0.5, 0.6) is 0 Å². The van der Waals surface area contributed by atoms with Crippen LogP contribution in [-0.4, -0.2) is 9.78 Å². The van der Waals surface area contributed by atoms with Crippen LogP contribution in [0.3, 0.4) is 0 Å². The molecule has 0 bridgehead atoms. The second-order valence-electron chi connectivity index (χ2n) is 3.83. The number of hydrogen-bond acceptors (Lipinski definition) is 2. The molecule has 0 atom stereocenters. The van der Waals surface area contributed by atoms with E-state index in [-0.39, 0.29) is 0 Å². The van der Waals surface area contributed by atoms with Crippen molar-refractivity contribution in [1.29, 1.82) is 5.26 Å². The normalized spacial score (nSPS) is 10.1. The Bertz CT molecular complexity index is 573. The molecule has 1 heterocycles. The Labute approximate surface area is 94.9 Å². The van der Waals surface area contributed by atoms with E-state index in [0.29, 0.717) is 5.56 Å². The summed E-state index contributed by atoms with van der Waals surface area (Å²) in [5.41, 5.74) is 4.78. The molecule has 0 amide bonds. The fourth-order valence-electron chi connectivity index (χ4n) is 1.96. The Kier molecular flexibility index (Phi) is 2.49. The number of nitriles is 1. The van der Waals surface area contributed by atoms with Gasteiger partial charge < -0.3 is 0 Å². The zero-order chi connectivity index (χ0) is 11.7. The molecule has 0 aliphatic heterocycles. The van der Waals surface area contributed by atoms with Crippen LogP contribution in [0.4, 0.5) is 0 Å². The fraction of sp³-hybridized carbons (Fsp3) is 0.231. The third-order valence-corrected chi connectivity index (χ3v) is 2.83. The van der Waals surface area contributed by atoms with Crippen LogP contribution in [0.2, 0.25) is 0 Å². The molecule has 0 fully saturated rings. The summed E-state index contributed by atoms with van der Waals surface area (Å²) in [5.74, 6) is 0.